The highest BCUT2D eigenvalue weighted by molar-refractivity contribution is 8.08. The molecule has 0 amide bonds. The molecule has 0 spiro atoms. The molecule has 0 N–H and O–H groups in total. The molecule has 4 rings (SSSR count). The van der Waals surface area contributed by atoms with Crippen molar-refractivity contribution in [3.63, 3.8) is 0 Å². The summed E-state index contributed by atoms with van der Waals surface area (Å²) in [5.74, 6) is 0. The average Bonchev–Trinajstić information content (AvgIpc) is 3.38. The van der Waals surface area contributed by atoms with Gasteiger partial charge in [-0.25, -0.2) is 0 Å². The summed E-state index contributed by atoms with van der Waals surface area (Å²) in [5.41, 5.74) is 2.04. The number of nitriles is 1. The molecule has 198 valence electrons. The molecule has 10 heteroatoms. The van der Waals surface area contributed by atoms with Crippen molar-refractivity contribution in [1.29, 1.82) is 5.26 Å². The van der Waals surface area contributed by atoms with Gasteiger partial charge in [-0.3, -0.25) is 9.36 Å². The maximum absolute atomic E-state index is 13.6. The van der Waals surface area contributed by atoms with Crippen molar-refractivity contribution in [2.24, 2.45) is 0 Å². The molecule has 0 saturated carbocycles. The third-order valence-electron chi connectivity index (χ3n) is 6.30. The number of rotatable bonds is 8. The number of aromatic nitrogens is 1. The minimum absolute atomic E-state index is 0.0186. The van der Waals surface area contributed by atoms with E-state index in [9.17, 15) is 4.79 Å². The van der Waals surface area contributed by atoms with Crippen LogP contribution in [0.2, 0.25) is 10.0 Å². The fraction of sp³-hybridized carbons (Fsp3) is 0.286. The van der Waals surface area contributed by atoms with Crippen LogP contribution in [-0.4, -0.2) is 22.6 Å². The number of anilines is 1. The van der Waals surface area contributed by atoms with Gasteiger partial charge in [-0.15, -0.1) is 34.9 Å². The number of thiazole rings is 1. The van der Waals surface area contributed by atoms with Crippen LogP contribution in [0.3, 0.4) is 0 Å². The van der Waals surface area contributed by atoms with Crippen LogP contribution in [0.25, 0.3) is 11.1 Å². The molecule has 1 atom stereocenters. The molecule has 1 aromatic heterocycles. The maximum atomic E-state index is 13.6. The first kappa shape index (κ1) is 29.3. The molecule has 2 heterocycles. The van der Waals surface area contributed by atoms with Gasteiger partial charge in [0.2, 0.25) is 0 Å². The summed E-state index contributed by atoms with van der Waals surface area (Å²) < 4.78 is 3.08. The fourth-order valence-electron chi connectivity index (χ4n) is 4.22. The highest BCUT2D eigenvalue weighted by Crippen LogP contribution is 2.46. The summed E-state index contributed by atoms with van der Waals surface area (Å²) in [5, 5.41) is 13.1. The summed E-state index contributed by atoms with van der Waals surface area (Å²) in [6.45, 7) is 4.68. The maximum Gasteiger partial charge on any atom is 0.271 e. The number of hydrogen-bond acceptors (Lipinski definition) is 7. The van der Waals surface area contributed by atoms with Crippen molar-refractivity contribution in [3.05, 3.63) is 83.0 Å². The van der Waals surface area contributed by atoms with E-state index in [2.05, 4.69) is 48.4 Å². The van der Waals surface area contributed by atoms with Crippen molar-refractivity contribution in [1.82, 2.24) is 4.57 Å². The zero-order valence-corrected chi connectivity index (χ0v) is 26.2. The van der Waals surface area contributed by atoms with Crippen LogP contribution in [0.15, 0.2) is 62.5 Å². The Labute approximate surface area is 250 Å². The van der Waals surface area contributed by atoms with Gasteiger partial charge in [-0.2, -0.15) is 5.26 Å². The molecule has 0 aliphatic carbocycles. The Morgan fingerprint density at radius 1 is 1.21 bits per heavy atom. The summed E-state index contributed by atoms with van der Waals surface area (Å²) in [7, 11) is 2.02. The number of nitrogens with zero attached hydrogens (tertiary/aromatic N) is 3. The number of benzene rings is 2. The van der Waals surface area contributed by atoms with E-state index >= 15 is 0 Å². The van der Waals surface area contributed by atoms with E-state index in [1.54, 1.807) is 35.3 Å². The quantitative estimate of drug-likeness (QED) is 0.196. The number of thioether (sulfide) groups is 3. The molecule has 0 bridgehead atoms. The minimum Gasteiger partial charge on any atom is -0.337 e. The van der Waals surface area contributed by atoms with Gasteiger partial charge in [-0.05, 0) is 80.3 Å². The lowest BCUT2D eigenvalue weighted by Gasteiger charge is -2.24. The highest BCUT2D eigenvalue weighted by atomic mass is 35.5. The van der Waals surface area contributed by atoms with Gasteiger partial charge in [0.05, 0.1) is 16.4 Å². The van der Waals surface area contributed by atoms with Crippen molar-refractivity contribution < 1.29 is 0 Å². The van der Waals surface area contributed by atoms with E-state index in [1.807, 2.05) is 42.1 Å². The first-order valence-electron chi connectivity index (χ1n) is 11.9. The molecule has 1 aliphatic rings. The van der Waals surface area contributed by atoms with Crippen molar-refractivity contribution in [2.45, 2.75) is 47.8 Å². The van der Waals surface area contributed by atoms with Gasteiger partial charge in [0.15, 0.2) is 0 Å². The standard InChI is InChI=1S/C28H27Cl2N3OS4/c1-5-33-24(17-28(2,36-15-7-14-31)13-12-19-20(29)8-6-9-21(19)30)38-25(26(33)34)27-32(3)22-11-10-18(35-4)16-23(22)37-27/h6-11,15-17H,5,12-13H2,1-4H3/b15-7-,24-17-,27-25+/t28-/m1/s1. The first-order valence-corrected chi connectivity index (χ1v) is 16.4. The molecule has 2 aromatic carbocycles. The average molecular weight is 621 g/mol. The molecule has 38 heavy (non-hydrogen) atoms. The number of halogens is 2. The molecule has 3 aromatic rings. The van der Waals surface area contributed by atoms with E-state index < -0.39 is 4.75 Å². The monoisotopic (exact) mass is 619 g/mol. The lowest BCUT2D eigenvalue weighted by atomic mass is 10.00. The topological polar surface area (TPSA) is 49.0 Å². The smallest absolute Gasteiger partial charge is 0.271 e. The number of fused-ring (bicyclic) bond motifs is 1. The second-order valence-corrected chi connectivity index (χ2v) is 14.0. The van der Waals surface area contributed by atoms with E-state index in [-0.39, 0.29) is 5.56 Å². The largest absolute Gasteiger partial charge is 0.337 e. The van der Waals surface area contributed by atoms with Crippen molar-refractivity contribution >= 4 is 86.6 Å². The summed E-state index contributed by atoms with van der Waals surface area (Å²) in [6.07, 6.45) is 7.08. The molecule has 0 unspecified atom stereocenters. The zero-order valence-electron chi connectivity index (χ0n) is 21.5. The van der Waals surface area contributed by atoms with E-state index in [0.29, 0.717) is 23.0 Å². The van der Waals surface area contributed by atoms with Crippen LogP contribution in [0.5, 0.6) is 0 Å². The van der Waals surface area contributed by atoms with Gasteiger partial charge in [0.25, 0.3) is 5.56 Å². The fourth-order valence-corrected chi connectivity index (χ4v) is 8.88. The Kier molecular flexibility index (Phi) is 9.72. The van der Waals surface area contributed by atoms with Crippen LogP contribution < -0.4 is 19.7 Å². The SMILES string of the molecule is CCn1c(=O)/c(=C2\Sc3cc(SC)ccc3N2C)s/c1=C\[C@@](C)(CCc1c(Cl)cccc1Cl)S/C=C\C#N. The Hall–Kier alpha value is -1.73. The molecule has 0 fully saturated rings. The predicted molar refractivity (Wildman–Crippen MR) is 169 cm³/mol. The molecular formula is C28H27Cl2N3OS4. The van der Waals surface area contributed by atoms with Crippen molar-refractivity contribution in [2.75, 3.05) is 18.2 Å². The second-order valence-electron chi connectivity index (χ2n) is 8.83. The summed E-state index contributed by atoms with van der Waals surface area (Å²) >= 11 is 19.3. The van der Waals surface area contributed by atoms with E-state index in [4.69, 9.17) is 28.5 Å². The van der Waals surface area contributed by atoms with Gasteiger partial charge in [-0.1, -0.05) is 41.0 Å². The van der Waals surface area contributed by atoms with Gasteiger partial charge < -0.3 is 4.90 Å². The highest BCUT2D eigenvalue weighted by Gasteiger charge is 2.27. The van der Waals surface area contributed by atoms with E-state index in [0.717, 1.165) is 36.8 Å². The minimum atomic E-state index is -0.406. The van der Waals surface area contributed by atoms with Crippen molar-refractivity contribution in [3.8, 4) is 6.07 Å². The molecular weight excluding hydrogens is 594 g/mol. The Morgan fingerprint density at radius 2 is 1.95 bits per heavy atom. The zero-order chi connectivity index (χ0) is 27.4. The first-order chi connectivity index (χ1) is 18.2. The predicted octanol–water partition coefficient (Wildman–Crippen LogP) is 7.21. The van der Waals surface area contributed by atoms with Crippen LogP contribution >= 0.6 is 69.8 Å². The van der Waals surface area contributed by atoms with Gasteiger partial charge in [0.1, 0.15) is 9.56 Å². The van der Waals surface area contributed by atoms with Crippen LogP contribution in [0, 0.1) is 11.3 Å². The lowest BCUT2D eigenvalue weighted by molar-refractivity contribution is 0.698. The van der Waals surface area contributed by atoms with E-state index in [1.165, 1.54) is 22.3 Å². The number of hydrogen-bond donors (Lipinski definition) is 0. The summed E-state index contributed by atoms with van der Waals surface area (Å²) in [4.78, 5) is 18.1. The van der Waals surface area contributed by atoms with Crippen LogP contribution in [-0.2, 0) is 13.0 Å². The molecule has 4 nitrogen and oxygen atoms in total. The molecule has 0 saturated heterocycles. The van der Waals surface area contributed by atoms with Gasteiger partial charge in [0, 0.05) is 44.3 Å². The number of allylic oxidation sites excluding steroid dienone is 1. The Morgan fingerprint density at radius 3 is 2.61 bits per heavy atom. The van der Waals surface area contributed by atoms with Gasteiger partial charge >= 0.3 is 0 Å². The Bertz CT molecular complexity index is 1590. The normalized spacial score (nSPS) is 16.7. The summed E-state index contributed by atoms with van der Waals surface area (Å²) in [6, 6.07) is 14.0. The lowest BCUT2D eigenvalue weighted by Crippen LogP contribution is -2.34. The molecule has 0 radical (unpaired) electrons. The van der Waals surface area contributed by atoms with Crippen LogP contribution in [0.4, 0.5) is 5.69 Å². The van der Waals surface area contributed by atoms with Crippen LogP contribution in [0.1, 0.15) is 25.8 Å². The third-order valence-corrected chi connectivity index (χ3v) is 11.3. The third kappa shape index (κ3) is 6.19. The second kappa shape index (κ2) is 12.6. The molecule has 1 aliphatic heterocycles. The Balaban J connectivity index is 1.80.